The maximum Gasteiger partial charge on any atom is 0.0443 e. The first-order chi connectivity index (χ1) is 6.20. The lowest BCUT2D eigenvalue weighted by molar-refractivity contribution is 0.244. The van der Waals surface area contributed by atoms with E-state index in [9.17, 15) is 0 Å². The third kappa shape index (κ3) is 8.63. The largest absolute Gasteiger partial charge is 0.396 e. The summed E-state index contributed by atoms with van der Waals surface area (Å²) in [6, 6.07) is 0. The summed E-state index contributed by atoms with van der Waals surface area (Å²) in [5, 5.41) is 8.63. The van der Waals surface area contributed by atoms with E-state index >= 15 is 0 Å². The Balaban J connectivity index is 3.21. The third-order valence-corrected chi connectivity index (χ3v) is 3.10. The first kappa shape index (κ1) is 13.3. The molecule has 0 aliphatic rings. The Morgan fingerprint density at radius 2 is 1.69 bits per heavy atom. The van der Waals surface area contributed by atoms with Crippen LogP contribution in [0.3, 0.4) is 0 Å². The average Bonchev–Trinajstić information content (AvgIpc) is 2.14. The SMILES string of the molecule is CPN(C)CCCN(C)CCCO. The van der Waals surface area contributed by atoms with Crippen LogP contribution in [0.1, 0.15) is 12.8 Å². The van der Waals surface area contributed by atoms with E-state index in [4.69, 9.17) is 5.11 Å². The summed E-state index contributed by atoms with van der Waals surface area (Å²) >= 11 is 0. The number of nitrogens with zero attached hydrogens (tertiary/aromatic N) is 2. The highest BCUT2D eigenvalue weighted by Crippen LogP contribution is 2.08. The fourth-order valence-electron chi connectivity index (χ4n) is 1.14. The van der Waals surface area contributed by atoms with E-state index in [1.54, 1.807) is 0 Å². The lowest BCUT2D eigenvalue weighted by Gasteiger charge is -2.18. The molecule has 3 nitrogen and oxygen atoms in total. The van der Waals surface area contributed by atoms with Crippen molar-refractivity contribution in [3.8, 4) is 0 Å². The lowest BCUT2D eigenvalue weighted by Crippen LogP contribution is -2.24. The second kappa shape index (κ2) is 8.89. The number of hydrogen-bond acceptors (Lipinski definition) is 3. The van der Waals surface area contributed by atoms with Crippen LogP contribution < -0.4 is 0 Å². The van der Waals surface area contributed by atoms with Gasteiger partial charge in [-0.2, -0.15) is 0 Å². The predicted molar refractivity (Wildman–Crippen MR) is 60.7 cm³/mol. The van der Waals surface area contributed by atoms with Crippen LogP contribution in [0.25, 0.3) is 0 Å². The molecule has 1 unspecified atom stereocenters. The molecule has 0 radical (unpaired) electrons. The Bertz CT molecular complexity index is 114. The highest BCUT2D eigenvalue weighted by atomic mass is 31.1. The summed E-state index contributed by atoms with van der Waals surface area (Å²) in [6.45, 7) is 5.83. The van der Waals surface area contributed by atoms with Crippen LogP contribution in [0.15, 0.2) is 0 Å². The Labute approximate surface area is 83.9 Å². The van der Waals surface area contributed by atoms with Gasteiger partial charge in [-0.1, -0.05) is 8.73 Å². The van der Waals surface area contributed by atoms with E-state index in [2.05, 4.69) is 30.3 Å². The fourth-order valence-corrected chi connectivity index (χ4v) is 1.52. The molecule has 0 spiro atoms. The molecule has 0 bridgehead atoms. The van der Waals surface area contributed by atoms with Crippen LogP contribution in [0.4, 0.5) is 0 Å². The molecule has 0 saturated carbocycles. The summed E-state index contributed by atoms with van der Waals surface area (Å²) < 4.78 is 2.35. The van der Waals surface area contributed by atoms with Gasteiger partial charge in [0.2, 0.25) is 0 Å². The van der Waals surface area contributed by atoms with E-state index in [0.29, 0.717) is 6.61 Å². The average molecular weight is 206 g/mol. The van der Waals surface area contributed by atoms with E-state index in [-0.39, 0.29) is 0 Å². The molecule has 4 heteroatoms. The van der Waals surface area contributed by atoms with Gasteiger partial charge in [-0.05, 0) is 40.1 Å². The van der Waals surface area contributed by atoms with Gasteiger partial charge >= 0.3 is 0 Å². The molecule has 0 fully saturated rings. The maximum absolute atomic E-state index is 8.63. The summed E-state index contributed by atoms with van der Waals surface area (Å²) in [6.07, 6.45) is 2.11. The van der Waals surface area contributed by atoms with Crippen molar-refractivity contribution in [1.29, 1.82) is 0 Å². The summed E-state index contributed by atoms with van der Waals surface area (Å²) in [5.74, 6) is 0. The monoisotopic (exact) mass is 206 g/mol. The summed E-state index contributed by atoms with van der Waals surface area (Å²) in [5.41, 5.74) is 0. The molecule has 0 aliphatic heterocycles. The summed E-state index contributed by atoms with van der Waals surface area (Å²) in [7, 11) is 5.18. The highest BCUT2D eigenvalue weighted by molar-refractivity contribution is 7.34. The summed E-state index contributed by atoms with van der Waals surface area (Å²) in [4.78, 5) is 2.28. The van der Waals surface area contributed by atoms with Crippen LogP contribution in [-0.4, -0.2) is 61.7 Å². The fraction of sp³-hybridized carbons (Fsp3) is 1.00. The lowest BCUT2D eigenvalue weighted by atomic mass is 10.3. The van der Waals surface area contributed by atoms with E-state index < -0.39 is 0 Å². The molecule has 0 rings (SSSR count). The highest BCUT2D eigenvalue weighted by Gasteiger charge is 1.98. The number of rotatable bonds is 8. The second-order valence-electron chi connectivity index (χ2n) is 3.38. The van der Waals surface area contributed by atoms with Crippen molar-refractivity contribution in [2.24, 2.45) is 0 Å². The van der Waals surface area contributed by atoms with Gasteiger partial charge in [0.25, 0.3) is 0 Å². The molecule has 0 aromatic rings. The van der Waals surface area contributed by atoms with Gasteiger partial charge < -0.3 is 10.0 Å². The van der Waals surface area contributed by atoms with E-state index in [1.165, 1.54) is 13.0 Å². The van der Waals surface area contributed by atoms with Crippen molar-refractivity contribution in [1.82, 2.24) is 9.57 Å². The van der Waals surface area contributed by atoms with Crippen LogP contribution in [0.5, 0.6) is 0 Å². The second-order valence-corrected chi connectivity index (χ2v) is 4.59. The Morgan fingerprint density at radius 1 is 1.08 bits per heavy atom. The maximum atomic E-state index is 8.63. The van der Waals surface area contributed by atoms with E-state index in [0.717, 1.165) is 28.2 Å². The van der Waals surface area contributed by atoms with Gasteiger partial charge in [-0.3, -0.25) is 4.67 Å². The van der Waals surface area contributed by atoms with Crippen molar-refractivity contribution in [3.05, 3.63) is 0 Å². The number of hydrogen-bond donors (Lipinski definition) is 1. The zero-order valence-corrected chi connectivity index (χ0v) is 10.1. The molecular weight excluding hydrogens is 183 g/mol. The van der Waals surface area contributed by atoms with Crippen LogP contribution in [-0.2, 0) is 0 Å². The van der Waals surface area contributed by atoms with E-state index in [1.807, 2.05) is 0 Å². The van der Waals surface area contributed by atoms with Crippen molar-refractivity contribution >= 4 is 8.73 Å². The van der Waals surface area contributed by atoms with Crippen LogP contribution >= 0.6 is 8.73 Å². The first-order valence-corrected chi connectivity index (χ1v) is 6.33. The molecule has 0 heterocycles. The molecule has 0 amide bonds. The number of aliphatic hydroxyl groups is 1. The smallest absolute Gasteiger partial charge is 0.0443 e. The Morgan fingerprint density at radius 3 is 2.23 bits per heavy atom. The quantitative estimate of drug-likeness (QED) is 0.596. The molecule has 80 valence electrons. The Hall–Kier alpha value is 0.310. The van der Waals surface area contributed by atoms with Gasteiger partial charge in [-0.25, -0.2) is 0 Å². The minimum absolute atomic E-state index is 0.306. The van der Waals surface area contributed by atoms with Gasteiger partial charge in [0.15, 0.2) is 0 Å². The number of aliphatic hydroxyl groups excluding tert-OH is 1. The molecule has 0 aromatic carbocycles. The topological polar surface area (TPSA) is 26.7 Å². The molecule has 13 heavy (non-hydrogen) atoms. The molecule has 1 N–H and O–H groups in total. The minimum Gasteiger partial charge on any atom is -0.396 e. The standard InChI is InChI=1S/C9H23N2OP/c1-10(7-5-9-12)6-4-8-11(2)13-3/h12-13H,4-9H2,1-3H3. The van der Waals surface area contributed by atoms with Gasteiger partial charge in [-0.15, -0.1) is 0 Å². The van der Waals surface area contributed by atoms with Crippen LogP contribution in [0, 0.1) is 0 Å². The first-order valence-electron chi connectivity index (χ1n) is 4.88. The molecule has 0 aliphatic carbocycles. The molecule has 0 aromatic heterocycles. The Kier molecular flexibility index (Phi) is 9.10. The molecule has 1 atom stereocenters. The normalized spacial score (nSPS) is 12.5. The van der Waals surface area contributed by atoms with Crippen molar-refractivity contribution in [2.45, 2.75) is 12.8 Å². The van der Waals surface area contributed by atoms with Crippen LogP contribution in [0.2, 0.25) is 0 Å². The predicted octanol–water partition coefficient (Wildman–Crippen LogP) is 0.846. The van der Waals surface area contributed by atoms with Crippen molar-refractivity contribution < 1.29 is 5.11 Å². The van der Waals surface area contributed by atoms with Gasteiger partial charge in [0, 0.05) is 19.7 Å². The zero-order valence-electron chi connectivity index (χ0n) is 9.08. The molecular formula is C9H23N2OP. The zero-order chi connectivity index (χ0) is 10.1. The van der Waals surface area contributed by atoms with Crippen molar-refractivity contribution in [3.63, 3.8) is 0 Å². The van der Waals surface area contributed by atoms with Gasteiger partial charge in [0.1, 0.15) is 0 Å². The molecule has 0 saturated heterocycles. The van der Waals surface area contributed by atoms with Gasteiger partial charge in [0.05, 0.1) is 0 Å². The minimum atomic E-state index is 0.306. The third-order valence-electron chi connectivity index (χ3n) is 2.11. The van der Waals surface area contributed by atoms with Crippen molar-refractivity contribution in [2.75, 3.05) is 47.0 Å².